The molecule has 0 aliphatic carbocycles. The largest absolute Gasteiger partial charge is 0.416 e. The van der Waals surface area contributed by atoms with Crippen molar-refractivity contribution in [3.05, 3.63) is 70.2 Å². The number of thiophene rings is 1. The molecule has 0 radical (unpaired) electrons. The Morgan fingerprint density at radius 2 is 1.92 bits per heavy atom. The molecule has 8 heteroatoms. The van der Waals surface area contributed by atoms with Crippen molar-refractivity contribution in [2.45, 2.75) is 31.2 Å². The van der Waals surface area contributed by atoms with Crippen LogP contribution in [0.4, 0.5) is 13.2 Å². The second-order valence-corrected chi connectivity index (χ2v) is 7.29. The number of carbonyl (C=O) groups excluding carboxylic acids is 1. The van der Waals surface area contributed by atoms with Crippen LogP contribution < -0.4 is 5.43 Å². The van der Waals surface area contributed by atoms with E-state index in [4.69, 9.17) is 0 Å². The lowest BCUT2D eigenvalue weighted by molar-refractivity contribution is -0.138. The van der Waals surface area contributed by atoms with E-state index in [1.165, 1.54) is 17.0 Å². The molecule has 2 aliphatic rings. The molecule has 1 N–H and O–H groups in total. The molecule has 26 heavy (non-hydrogen) atoms. The van der Waals surface area contributed by atoms with Gasteiger partial charge in [-0.25, -0.2) is 5.43 Å². The molecule has 4 nitrogen and oxygen atoms in total. The minimum Gasteiger partial charge on any atom is -0.311 e. The summed E-state index contributed by atoms with van der Waals surface area (Å²) in [5.41, 5.74) is 3.29. The Balaban J connectivity index is 1.45. The molecular weight excluding hydrogens is 363 g/mol. The number of nitrogens with one attached hydrogen (secondary N) is 1. The number of hydrogen-bond donors (Lipinski definition) is 1. The Hall–Kier alpha value is -2.32. The molecular formula is C18H16F3N3OS. The molecule has 1 aromatic carbocycles. The summed E-state index contributed by atoms with van der Waals surface area (Å²) in [6.45, 7) is 0.251. The van der Waals surface area contributed by atoms with Crippen LogP contribution in [0, 0.1) is 0 Å². The highest BCUT2D eigenvalue weighted by Crippen LogP contribution is 2.33. The van der Waals surface area contributed by atoms with Crippen LogP contribution in [0.3, 0.4) is 0 Å². The maximum Gasteiger partial charge on any atom is 0.416 e. The molecule has 1 saturated heterocycles. The van der Waals surface area contributed by atoms with Gasteiger partial charge in [-0.3, -0.25) is 4.79 Å². The first-order valence-electron chi connectivity index (χ1n) is 8.15. The van der Waals surface area contributed by atoms with Crippen LogP contribution in [0.1, 0.15) is 28.5 Å². The summed E-state index contributed by atoms with van der Waals surface area (Å²) >= 11 is 1.64. The SMILES string of the molecule is O=C1C2CC(c3cccs3)NN2C=CN1Cc1ccc(C(F)(F)F)cc1. The van der Waals surface area contributed by atoms with Gasteiger partial charge in [-0.2, -0.15) is 13.2 Å². The predicted octanol–water partition coefficient (Wildman–Crippen LogP) is 3.90. The number of nitrogens with zero attached hydrogens (tertiary/aromatic N) is 2. The van der Waals surface area contributed by atoms with Crippen LogP contribution >= 0.6 is 11.3 Å². The minimum absolute atomic E-state index is 0.0565. The van der Waals surface area contributed by atoms with Crippen LogP contribution in [0.2, 0.25) is 0 Å². The van der Waals surface area contributed by atoms with E-state index in [-0.39, 0.29) is 24.5 Å². The average Bonchev–Trinajstić information content (AvgIpc) is 3.26. The number of halogens is 3. The second kappa shape index (κ2) is 6.44. The van der Waals surface area contributed by atoms with Crippen molar-refractivity contribution in [2.24, 2.45) is 0 Å². The summed E-state index contributed by atoms with van der Waals surface area (Å²) in [6.07, 6.45) is -0.219. The van der Waals surface area contributed by atoms with Gasteiger partial charge < -0.3 is 9.91 Å². The number of carbonyl (C=O) groups is 1. The quantitative estimate of drug-likeness (QED) is 0.879. The molecule has 136 valence electrons. The van der Waals surface area contributed by atoms with Crippen molar-refractivity contribution in [1.29, 1.82) is 0 Å². The Morgan fingerprint density at radius 1 is 1.15 bits per heavy atom. The summed E-state index contributed by atoms with van der Waals surface area (Å²) in [6, 6.07) is 8.73. The van der Waals surface area contributed by atoms with Crippen LogP contribution in [-0.4, -0.2) is 21.9 Å². The zero-order valence-corrected chi connectivity index (χ0v) is 14.4. The standard InChI is InChI=1S/C18H16F3N3OS/c19-18(20,21)13-5-3-12(4-6-13)11-23-7-8-24-15(17(23)25)10-14(22-24)16-2-1-9-26-16/h1-9,14-15,22H,10-11H2. The molecule has 2 aliphatic heterocycles. The van der Waals surface area contributed by atoms with Crippen LogP contribution in [0.5, 0.6) is 0 Å². The van der Waals surface area contributed by atoms with Crippen molar-refractivity contribution < 1.29 is 18.0 Å². The monoisotopic (exact) mass is 379 g/mol. The van der Waals surface area contributed by atoms with Crippen LogP contribution in [0.15, 0.2) is 54.2 Å². The average molecular weight is 379 g/mol. The minimum atomic E-state index is -4.35. The summed E-state index contributed by atoms with van der Waals surface area (Å²) in [5, 5.41) is 3.82. The van der Waals surface area contributed by atoms with E-state index in [1.807, 2.05) is 28.7 Å². The van der Waals surface area contributed by atoms with Crippen molar-refractivity contribution in [3.8, 4) is 0 Å². The van der Waals surface area contributed by atoms with E-state index < -0.39 is 11.7 Å². The molecule has 0 spiro atoms. The number of rotatable bonds is 3. The lowest BCUT2D eigenvalue weighted by atomic mass is 10.1. The molecule has 0 saturated carbocycles. The van der Waals surface area contributed by atoms with E-state index in [9.17, 15) is 18.0 Å². The van der Waals surface area contributed by atoms with Gasteiger partial charge in [-0.1, -0.05) is 18.2 Å². The maximum absolute atomic E-state index is 12.8. The fourth-order valence-corrected chi connectivity index (χ4v) is 4.02. The normalized spacial score (nSPS) is 22.8. The highest BCUT2D eigenvalue weighted by atomic mass is 32.1. The van der Waals surface area contributed by atoms with E-state index in [0.717, 1.165) is 12.1 Å². The van der Waals surface area contributed by atoms with Crippen LogP contribution in [0.25, 0.3) is 0 Å². The zero-order chi connectivity index (χ0) is 18.3. The number of amides is 1. The predicted molar refractivity (Wildman–Crippen MR) is 91.6 cm³/mol. The number of hydrogen-bond acceptors (Lipinski definition) is 4. The molecule has 2 atom stereocenters. The molecule has 0 bridgehead atoms. The first-order valence-corrected chi connectivity index (χ1v) is 9.02. The zero-order valence-electron chi connectivity index (χ0n) is 13.6. The van der Waals surface area contributed by atoms with Gasteiger partial charge in [0.15, 0.2) is 0 Å². The van der Waals surface area contributed by atoms with E-state index in [1.54, 1.807) is 22.4 Å². The Labute approximate surface area is 152 Å². The lowest BCUT2D eigenvalue weighted by Gasteiger charge is -2.31. The van der Waals surface area contributed by atoms with Gasteiger partial charge in [-0.15, -0.1) is 11.3 Å². The van der Waals surface area contributed by atoms with Gasteiger partial charge in [-0.05, 0) is 29.1 Å². The summed E-state index contributed by atoms with van der Waals surface area (Å²) in [7, 11) is 0. The number of alkyl halides is 3. The van der Waals surface area contributed by atoms with E-state index in [0.29, 0.717) is 12.0 Å². The number of hydrazine groups is 1. The van der Waals surface area contributed by atoms with Gasteiger partial charge in [0.05, 0.1) is 18.2 Å². The molecule has 2 aromatic rings. The van der Waals surface area contributed by atoms with Gasteiger partial charge in [0.2, 0.25) is 0 Å². The van der Waals surface area contributed by atoms with Crippen molar-refractivity contribution >= 4 is 17.2 Å². The molecule has 1 amide bonds. The van der Waals surface area contributed by atoms with E-state index >= 15 is 0 Å². The van der Waals surface area contributed by atoms with Crippen molar-refractivity contribution in [3.63, 3.8) is 0 Å². The molecule has 1 aromatic heterocycles. The Kier molecular flexibility index (Phi) is 4.24. The maximum atomic E-state index is 12.8. The fraction of sp³-hybridized carbons (Fsp3) is 0.278. The highest BCUT2D eigenvalue weighted by molar-refractivity contribution is 7.10. The Morgan fingerprint density at radius 3 is 2.58 bits per heavy atom. The smallest absolute Gasteiger partial charge is 0.311 e. The molecule has 3 heterocycles. The van der Waals surface area contributed by atoms with Crippen molar-refractivity contribution in [1.82, 2.24) is 15.3 Å². The van der Waals surface area contributed by atoms with E-state index in [2.05, 4.69) is 5.43 Å². The lowest BCUT2D eigenvalue weighted by Crippen LogP contribution is -2.47. The first-order chi connectivity index (χ1) is 12.4. The summed E-state index contributed by atoms with van der Waals surface area (Å²) in [4.78, 5) is 15.5. The van der Waals surface area contributed by atoms with Gasteiger partial charge >= 0.3 is 6.18 Å². The van der Waals surface area contributed by atoms with Crippen LogP contribution in [-0.2, 0) is 17.5 Å². The molecule has 4 rings (SSSR count). The first kappa shape index (κ1) is 17.1. The highest BCUT2D eigenvalue weighted by Gasteiger charge is 2.40. The van der Waals surface area contributed by atoms with Gasteiger partial charge in [0.25, 0.3) is 5.91 Å². The second-order valence-electron chi connectivity index (χ2n) is 6.31. The topological polar surface area (TPSA) is 35.6 Å². The molecule has 1 fully saturated rings. The number of fused-ring (bicyclic) bond motifs is 1. The van der Waals surface area contributed by atoms with Gasteiger partial charge in [0, 0.05) is 23.7 Å². The molecule has 2 unspecified atom stereocenters. The third-order valence-corrected chi connectivity index (χ3v) is 5.58. The number of benzene rings is 1. The Bertz CT molecular complexity index is 817. The summed E-state index contributed by atoms with van der Waals surface area (Å²) < 4.78 is 38.0. The fourth-order valence-electron chi connectivity index (χ4n) is 3.24. The third kappa shape index (κ3) is 3.22. The van der Waals surface area contributed by atoms with Crippen molar-refractivity contribution in [2.75, 3.05) is 0 Å². The third-order valence-electron chi connectivity index (χ3n) is 4.60. The van der Waals surface area contributed by atoms with Gasteiger partial charge in [0.1, 0.15) is 6.04 Å². The summed E-state index contributed by atoms with van der Waals surface area (Å²) in [5.74, 6) is -0.0565.